The van der Waals surface area contributed by atoms with Crippen molar-refractivity contribution in [2.75, 3.05) is 6.16 Å². The van der Waals surface area contributed by atoms with Gasteiger partial charge in [0.25, 0.3) is 0 Å². The van der Waals surface area contributed by atoms with Crippen molar-refractivity contribution in [1.29, 1.82) is 0 Å². The van der Waals surface area contributed by atoms with Crippen LogP contribution in [-0.4, -0.2) is 12.2 Å². The van der Waals surface area contributed by atoms with Crippen LogP contribution in [0.2, 0.25) is 0 Å². The molecule has 33 heavy (non-hydrogen) atoms. The number of hydrogen-bond acceptors (Lipinski definition) is 1. The smallest absolute Gasteiger partial charge is 0.0194 e. The van der Waals surface area contributed by atoms with E-state index in [9.17, 15) is 0 Å². The van der Waals surface area contributed by atoms with E-state index in [1.807, 2.05) is 0 Å². The number of rotatable bonds is 3. The van der Waals surface area contributed by atoms with Gasteiger partial charge in [0.15, 0.2) is 0 Å². The molecule has 6 rings (SSSR count). The average Bonchev–Trinajstić information content (AvgIpc) is 3.01. The van der Waals surface area contributed by atoms with Crippen LogP contribution >= 0.6 is 7.92 Å². The van der Waals surface area contributed by atoms with E-state index in [0.29, 0.717) is 11.6 Å². The molecule has 2 unspecified atom stereocenters. The summed E-state index contributed by atoms with van der Waals surface area (Å²) in [6.45, 7) is 2.24. The number of hydrogen-bond donors (Lipinski definition) is 1. The van der Waals surface area contributed by atoms with E-state index in [1.54, 1.807) is 33.4 Å². The number of aryl methyl sites for hydroxylation is 2. The van der Waals surface area contributed by atoms with Crippen molar-refractivity contribution in [1.82, 2.24) is 0 Å². The Morgan fingerprint density at radius 3 is 2.42 bits per heavy atom. The van der Waals surface area contributed by atoms with Crippen LogP contribution in [0.5, 0.6) is 0 Å². The highest BCUT2D eigenvalue weighted by atomic mass is 31.1. The molecule has 0 radical (unpaired) electrons. The zero-order valence-corrected chi connectivity index (χ0v) is 20.7. The molecule has 0 amide bonds. The van der Waals surface area contributed by atoms with Crippen LogP contribution in [0.3, 0.4) is 0 Å². The fourth-order valence-electron chi connectivity index (χ4n) is 7.14. The molecule has 5 atom stereocenters. The van der Waals surface area contributed by atoms with E-state index < -0.39 is 0 Å². The first kappa shape index (κ1) is 21.6. The van der Waals surface area contributed by atoms with E-state index in [0.717, 1.165) is 5.92 Å². The van der Waals surface area contributed by atoms with Gasteiger partial charge in [0, 0.05) is 17.6 Å². The highest BCUT2D eigenvalue weighted by molar-refractivity contribution is 7.57. The molecule has 170 valence electrons. The first-order chi connectivity index (χ1) is 16.2. The van der Waals surface area contributed by atoms with Crippen molar-refractivity contribution < 1.29 is 0 Å². The molecule has 3 aromatic carbocycles. The first-order valence-corrected chi connectivity index (χ1v) is 14.7. The molecule has 2 heteroatoms. The lowest BCUT2D eigenvalue weighted by molar-refractivity contribution is 0.448. The number of benzene rings is 3. The topological polar surface area (TPSA) is 26.0 Å². The van der Waals surface area contributed by atoms with Gasteiger partial charge in [-0.3, -0.25) is 0 Å². The van der Waals surface area contributed by atoms with Crippen LogP contribution in [-0.2, 0) is 25.4 Å². The highest BCUT2D eigenvalue weighted by Crippen LogP contribution is 2.62. The summed E-state index contributed by atoms with van der Waals surface area (Å²) in [4.78, 5) is 0. The molecule has 1 heterocycles. The zero-order valence-electron chi connectivity index (χ0n) is 19.8. The van der Waals surface area contributed by atoms with Gasteiger partial charge in [0.1, 0.15) is 0 Å². The Kier molecular flexibility index (Phi) is 5.89. The Labute approximate surface area is 200 Å². The van der Waals surface area contributed by atoms with Gasteiger partial charge in [-0.15, -0.1) is 0 Å². The van der Waals surface area contributed by atoms with Gasteiger partial charge in [0.2, 0.25) is 0 Å². The van der Waals surface area contributed by atoms with Gasteiger partial charge >= 0.3 is 0 Å². The molecule has 0 spiro atoms. The van der Waals surface area contributed by atoms with Crippen molar-refractivity contribution in [3.8, 4) is 0 Å². The molecule has 2 N–H and O–H groups in total. The summed E-state index contributed by atoms with van der Waals surface area (Å²) in [5.41, 5.74) is 18.6. The molecule has 1 nitrogen and oxygen atoms in total. The first-order valence-electron chi connectivity index (χ1n) is 13.0. The van der Waals surface area contributed by atoms with Crippen molar-refractivity contribution in [2.45, 2.75) is 69.2 Å². The number of fused-ring (bicyclic) bond motifs is 7. The second-order valence-electron chi connectivity index (χ2n) is 10.6. The minimum atomic E-state index is -0.235. The molecule has 3 aromatic rings. The van der Waals surface area contributed by atoms with Crippen LogP contribution in [0.4, 0.5) is 0 Å². The maximum atomic E-state index is 6.74. The van der Waals surface area contributed by atoms with Crippen LogP contribution in [0.1, 0.15) is 76.7 Å². The third-order valence-corrected chi connectivity index (χ3v) is 11.7. The van der Waals surface area contributed by atoms with Crippen molar-refractivity contribution in [3.63, 3.8) is 0 Å². The SMILES string of the molecule is C[C@H](N)[C@H](c1ccccc1)P1Cc2ccc3c(c2[C@@H]2c4ccccc4CCC2C1)CCCC3. The normalized spacial score (nSPS) is 25.6. The maximum absolute atomic E-state index is 6.74. The Hall–Kier alpha value is -1.95. The molecule has 3 aliphatic rings. The Morgan fingerprint density at radius 2 is 1.58 bits per heavy atom. The molecule has 2 aliphatic carbocycles. The second kappa shape index (κ2) is 9.01. The third-order valence-electron chi connectivity index (χ3n) is 8.50. The van der Waals surface area contributed by atoms with E-state index >= 15 is 0 Å². The lowest BCUT2D eigenvalue weighted by atomic mass is 9.69. The Balaban J connectivity index is 1.51. The third kappa shape index (κ3) is 3.88. The van der Waals surface area contributed by atoms with Crippen LogP contribution < -0.4 is 5.73 Å². The molecular formula is C31H36NP. The summed E-state index contributed by atoms with van der Waals surface area (Å²) in [6.07, 6.45) is 10.4. The van der Waals surface area contributed by atoms with E-state index in [4.69, 9.17) is 5.73 Å². The lowest BCUT2D eigenvalue weighted by Crippen LogP contribution is -2.28. The molecule has 0 saturated heterocycles. The quantitative estimate of drug-likeness (QED) is 0.412. The van der Waals surface area contributed by atoms with E-state index in [2.05, 4.69) is 73.7 Å². The van der Waals surface area contributed by atoms with Gasteiger partial charge in [-0.25, -0.2) is 0 Å². The summed E-state index contributed by atoms with van der Waals surface area (Å²) >= 11 is 0. The van der Waals surface area contributed by atoms with Gasteiger partial charge in [-0.05, 0) is 103 Å². The fraction of sp³-hybridized carbons (Fsp3) is 0.419. The van der Waals surface area contributed by atoms with Gasteiger partial charge in [-0.1, -0.05) is 74.7 Å². The predicted molar refractivity (Wildman–Crippen MR) is 142 cm³/mol. The summed E-state index contributed by atoms with van der Waals surface area (Å²) in [6, 6.07) is 25.7. The van der Waals surface area contributed by atoms with Crippen molar-refractivity contribution in [3.05, 3.63) is 106 Å². The van der Waals surface area contributed by atoms with Crippen LogP contribution in [0.15, 0.2) is 66.7 Å². The molecule has 0 bridgehead atoms. The van der Waals surface area contributed by atoms with Gasteiger partial charge in [0.05, 0.1) is 0 Å². The molecule has 0 aromatic heterocycles. The monoisotopic (exact) mass is 453 g/mol. The molecular weight excluding hydrogens is 417 g/mol. The second-order valence-corrected chi connectivity index (χ2v) is 13.0. The summed E-state index contributed by atoms with van der Waals surface area (Å²) < 4.78 is 0. The van der Waals surface area contributed by atoms with Crippen LogP contribution in [0.25, 0.3) is 0 Å². The van der Waals surface area contributed by atoms with E-state index in [-0.39, 0.29) is 14.0 Å². The molecule has 0 saturated carbocycles. The predicted octanol–water partition coefficient (Wildman–Crippen LogP) is 7.34. The summed E-state index contributed by atoms with van der Waals surface area (Å²) in [5.74, 6) is 1.32. The van der Waals surface area contributed by atoms with Gasteiger partial charge < -0.3 is 5.73 Å². The van der Waals surface area contributed by atoms with Crippen LogP contribution in [0, 0.1) is 5.92 Å². The Morgan fingerprint density at radius 1 is 0.818 bits per heavy atom. The fourth-order valence-corrected chi connectivity index (χ4v) is 10.7. The average molecular weight is 454 g/mol. The van der Waals surface area contributed by atoms with E-state index in [1.165, 1.54) is 56.4 Å². The number of nitrogens with two attached hydrogens (primary N) is 1. The zero-order chi connectivity index (χ0) is 22.4. The maximum Gasteiger partial charge on any atom is 0.0194 e. The minimum absolute atomic E-state index is 0.187. The Bertz CT molecular complexity index is 1130. The summed E-state index contributed by atoms with van der Waals surface area (Å²) in [5, 5.41) is 0. The summed E-state index contributed by atoms with van der Waals surface area (Å²) in [7, 11) is -0.235. The highest BCUT2D eigenvalue weighted by Gasteiger charge is 2.40. The minimum Gasteiger partial charge on any atom is -0.327 e. The molecule has 0 fully saturated rings. The van der Waals surface area contributed by atoms with Crippen molar-refractivity contribution >= 4 is 7.92 Å². The largest absolute Gasteiger partial charge is 0.327 e. The van der Waals surface area contributed by atoms with Crippen molar-refractivity contribution in [2.24, 2.45) is 11.7 Å². The lowest BCUT2D eigenvalue weighted by Gasteiger charge is -2.37. The van der Waals surface area contributed by atoms with Gasteiger partial charge in [-0.2, -0.15) is 0 Å². The molecule has 1 aliphatic heterocycles. The standard InChI is InChI=1S/C31H36NP/c1-21(32)31(24-11-3-2-4-12-24)33-19-25-17-15-22-9-5-7-13-27(22)29(25)30-26(20-33)18-16-23-10-6-8-14-28(23)30/h2-5,7,9,11-13,16,18,21,25,29,31H,6,8,10,14-15,17,19-20,32H2,1H3/t21-,25?,29-,31+,33?/m0/s1.